The summed E-state index contributed by atoms with van der Waals surface area (Å²) in [6, 6.07) is 1.36. The fraction of sp³-hybridized carbons (Fsp3) is 0.625. The van der Waals surface area contributed by atoms with Crippen LogP contribution in [0, 0.1) is 6.92 Å². The number of nitrogens with zero attached hydrogens (tertiary/aromatic N) is 4. The van der Waals surface area contributed by atoms with Crippen molar-refractivity contribution in [2.45, 2.75) is 45.8 Å². The van der Waals surface area contributed by atoms with E-state index in [0.29, 0.717) is 31.4 Å². The fourth-order valence-electron chi connectivity index (χ4n) is 2.79. The molecular formula is C16H24N6O3. The molecule has 136 valence electrons. The van der Waals surface area contributed by atoms with E-state index in [0.717, 1.165) is 24.4 Å². The Morgan fingerprint density at radius 2 is 2.40 bits per heavy atom. The van der Waals surface area contributed by atoms with Gasteiger partial charge in [-0.25, -0.2) is 4.98 Å². The monoisotopic (exact) mass is 348 g/mol. The molecule has 0 bridgehead atoms. The highest BCUT2D eigenvalue weighted by Crippen LogP contribution is 2.21. The molecular weight excluding hydrogens is 324 g/mol. The van der Waals surface area contributed by atoms with Crippen LogP contribution in [0.4, 0.5) is 5.88 Å². The zero-order valence-electron chi connectivity index (χ0n) is 14.8. The number of aromatic nitrogens is 4. The van der Waals surface area contributed by atoms with Crippen LogP contribution in [0.25, 0.3) is 0 Å². The number of aryl methyl sites for hydroxylation is 2. The Labute approximate surface area is 146 Å². The molecule has 2 N–H and O–H groups in total. The lowest BCUT2D eigenvalue weighted by Crippen LogP contribution is -2.48. The van der Waals surface area contributed by atoms with Gasteiger partial charge in [0.15, 0.2) is 5.82 Å². The second-order valence-electron chi connectivity index (χ2n) is 6.24. The molecule has 9 heteroatoms. The predicted octanol–water partition coefficient (Wildman–Crippen LogP) is 1.45. The molecule has 3 rings (SSSR count). The third-order valence-corrected chi connectivity index (χ3v) is 4.22. The van der Waals surface area contributed by atoms with Gasteiger partial charge in [-0.05, 0) is 20.3 Å². The van der Waals surface area contributed by atoms with Crippen molar-refractivity contribution in [2.75, 3.05) is 25.0 Å². The molecule has 1 aliphatic rings. The normalized spacial score (nSPS) is 19.7. The number of nitrogens with one attached hydrogen (secondary N) is 2. The molecule has 1 aliphatic heterocycles. The molecule has 0 radical (unpaired) electrons. The molecule has 0 spiro atoms. The maximum absolute atomic E-state index is 12.4. The van der Waals surface area contributed by atoms with E-state index in [4.69, 9.17) is 9.26 Å². The van der Waals surface area contributed by atoms with Crippen molar-refractivity contribution < 1.29 is 14.1 Å². The minimum absolute atomic E-state index is 0.140. The Morgan fingerprint density at radius 1 is 1.56 bits per heavy atom. The molecule has 0 aliphatic carbocycles. The molecule has 0 saturated carbocycles. The lowest BCUT2D eigenvalue weighted by Gasteiger charge is -2.34. The average molecular weight is 348 g/mol. The molecule has 9 nitrogen and oxygen atoms in total. The fourth-order valence-corrected chi connectivity index (χ4v) is 2.79. The van der Waals surface area contributed by atoms with Gasteiger partial charge in [-0.3, -0.25) is 20.1 Å². The highest BCUT2D eigenvalue weighted by Gasteiger charge is 2.31. The van der Waals surface area contributed by atoms with E-state index < -0.39 is 0 Å². The van der Waals surface area contributed by atoms with Crippen molar-refractivity contribution >= 4 is 11.8 Å². The SMILES string of the molecule is CCCc1nc([C@@H]2CN([C@@H](C)C(=O)Nc3cc(C)no3)CCO2)n[nH]1. The molecule has 25 heavy (non-hydrogen) atoms. The average Bonchev–Trinajstić information content (AvgIpc) is 3.24. The highest BCUT2D eigenvalue weighted by atomic mass is 16.5. The molecule has 2 aromatic heterocycles. The minimum Gasteiger partial charge on any atom is -0.367 e. The topological polar surface area (TPSA) is 109 Å². The van der Waals surface area contributed by atoms with Crippen LogP contribution in [0.5, 0.6) is 0 Å². The number of ether oxygens (including phenoxy) is 1. The van der Waals surface area contributed by atoms with Crippen LogP contribution in [0.1, 0.15) is 43.7 Å². The number of aromatic amines is 1. The van der Waals surface area contributed by atoms with Crippen molar-refractivity contribution in [2.24, 2.45) is 0 Å². The second-order valence-corrected chi connectivity index (χ2v) is 6.24. The first-order chi connectivity index (χ1) is 12.1. The molecule has 0 unspecified atom stereocenters. The zero-order valence-corrected chi connectivity index (χ0v) is 14.8. The number of H-pyrrole nitrogens is 1. The Morgan fingerprint density at radius 3 is 3.12 bits per heavy atom. The van der Waals surface area contributed by atoms with Crippen molar-refractivity contribution in [3.63, 3.8) is 0 Å². The number of morpholine rings is 1. The van der Waals surface area contributed by atoms with Crippen molar-refractivity contribution in [1.82, 2.24) is 25.2 Å². The van der Waals surface area contributed by atoms with E-state index in [1.165, 1.54) is 0 Å². The summed E-state index contributed by atoms with van der Waals surface area (Å²) in [5.74, 6) is 1.73. The molecule has 2 atom stereocenters. The summed E-state index contributed by atoms with van der Waals surface area (Å²) in [5.41, 5.74) is 0.724. The summed E-state index contributed by atoms with van der Waals surface area (Å²) in [6.45, 7) is 7.53. The van der Waals surface area contributed by atoms with Crippen LogP contribution in [-0.2, 0) is 16.0 Å². The first-order valence-electron chi connectivity index (χ1n) is 8.57. The van der Waals surface area contributed by atoms with E-state index >= 15 is 0 Å². The highest BCUT2D eigenvalue weighted by molar-refractivity contribution is 5.93. The van der Waals surface area contributed by atoms with E-state index in [2.05, 4.69) is 37.5 Å². The van der Waals surface area contributed by atoms with Crippen molar-refractivity contribution in [1.29, 1.82) is 0 Å². The Kier molecular flexibility index (Phi) is 5.44. The zero-order chi connectivity index (χ0) is 17.8. The van der Waals surface area contributed by atoms with E-state index in [1.807, 2.05) is 6.92 Å². The molecule has 2 aromatic rings. The first-order valence-corrected chi connectivity index (χ1v) is 8.57. The van der Waals surface area contributed by atoms with Gasteiger partial charge in [0.1, 0.15) is 11.9 Å². The first kappa shape index (κ1) is 17.6. The lowest BCUT2D eigenvalue weighted by molar-refractivity contribution is -0.124. The summed E-state index contributed by atoms with van der Waals surface area (Å²) >= 11 is 0. The number of hydrogen-bond donors (Lipinski definition) is 2. The van der Waals surface area contributed by atoms with Crippen LogP contribution in [0.3, 0.4) is 0 Å². The van der Waals surface area contributed by atoms with Gasteiger partial charge in [-0.1, -0.05) is 12.1 Å². The van der Waals surface area contributed by atoms with Gasteiger partial charge in [-0.15, -0.1) is 0 Å². The lowest BCUT2D eigenvalue weighted by atomic mass is 10.2. The Bertz CT molecular complexity index is 712. The Hall–Kier alpha value is -2.26. The summed E-state index contributed by atoms with van der Waals surface area (Å²) in [4.78, 5) is 19.0. The summed E-state index contributed by atoms with van der Waals surface area (Å²) in [6.07, 6.45) is 1.63. The van der Waals surface area contributed by atoms with Gasteiger partial charge >= 0.3 is 0 Å². The molecule has 3 heterocycles. The standard InChI is InChI=1S/C16H24N6O3/c1-4-5-13-17-15(20-19-13)12-9-22(6-7-24-12)11(3)16(23)18-14-8-10(2)21-25-14/h8,11-12H,4-7,9H2,1-3H3,(H,18,23)(H,17,19,20)/t11-,12-/m0/s1. The number of carbonyl (C=O) groups excluding carboxylic acids is 1. The van der Waals surface area contributed by atoms with Gasteiger partial charge in [0.2, 0.25) is 11.8 Å². The van der Waals surface area contributed by atoms with Gasteiger partial charge < -0.3 is 9.26 Å². The molecule has 1 amide bonds. The predicted molar refractivity (Wildman–Crippen MR) is 90.0 cm³/mol. The minimum atomic E-state index is -0.328. The van der Waals surface area contributed by atoms with Gasteiger partial charge in [0, 0.05) is 25.6 Å². The van der Waals surface area contributed by atoms with Gasteiger partial charge in [-0.2, -0.15) is 5.10 Å². The number of hydrogen-bond acceptors (Lipinski definition) is 7. The van der Waals surface area contributed by atoms with E-state index in [-0.39, 0.29) is 18.1 Å². The van der Waals surface area contributed by atoms with Crippen LogP contribution in [0.15, 0.2) is 10.6 Å². The van der Waals surface area contributed by atoms with Gasteiger partial charge in [0.25, 0.3) is 0 Å². The number of carbonyl (C=O) groups is 1. The van der Waals surface area contributed by atoms with Gasteiger partial charge in [0.05, 0.1) is 18.3 Å². The summed E-state index contributed by atoms with van der Waals surface area (Å²) < 4.78 is 10.8. The van der Waals surface area contributed by atoms with Crippen molar-refractivity contribution in [3.05, 3.63) is 23.4 Å². The maximum Gasteiger partial charge on any atom is 0.243 e. The van der Waals surface area contributed by atoms with E-state index in [1.54, 1.807) is 13.0 Å². The Balaban J connectivity index is 1.60. The van der Waals surface area contributed by atoms with Crippen LogP contribution < -0.4 is 5.32 Å². The second kappa shape index (κ2) is 7.75. The third kappa shape index (κ3) is 4.23. The van der Waals surface area contributed by atoms with Crippen LogP contribution in [-0.4, -0.2) is 56.9 Å². The quantitative estimate of drug-likeness (QED) is 0.813. The van der Waals surface area contributed by atoms with Crippen LogP contribution in [0.2, 0.25) is 0 Å². The summed E-state index contributed by atoms with van der Waals surface area (Å²) in [5, 5.41) is 13.7. The van der Waals surface area contributed by atoms with Crippen molar-refractivity contribution in [3.8, 4) is 0 Å². The number of anilines is 1. The largest absolute Gasteiger partial charge is 0.367 e. The third-order valence-electron chi connectivity index (χ3n) is 4.22. The smallest absolute Gasteiger partial charge is 0.243 e. The molecule has 1 saturated heterocycles. The number of amides is 1. The molecule has 0 aromatic carbocycles. The molecule has 1 fully saturated rings. The summed E-state index contributed by atoms with van der Waals surface area (Å²) in [7, 11) is 0. The number of rotatable bonds is 6. The van der Waals surface area contributed by atoms with E-state index in [9.17, 15) is 4.79 Å². The van der Waals surface area contributed by atoms with Crippen LogP contribution >= 0.6 is 0 Å². The maximum atomic E-state index is 12.4.